The zero-order valence-corrected chi connectivity index (χ0v) is 8.43. The van der Waals surface area contributed by atoms with E-state index in [4.69, 9.17) is 5.73 Å². The van der Waals surface area contributed by atoms with Gasteiger partial charge in [0.15, 0.2) is 0 Å². The predicted molar refractivity (Wildman–Crippen MR) is 53.3 cm³/mol. The second-order valence-corrected chi connectivity index (χ2v) is 4.53. The Labute approximate surface area is 75.3 Å². The quantitative estimate of drug-likeness (QED) is 0.499. The second kappa shape index (κ2) is 3.46. The van der Waals surface area contributed by atoms with Crippen molar-refractivity contribution >= 4 is 5.84 Å². The summed E-state index contributed by atoms with van der Waals surface area (Å²) in [5.74, 6) is 0.817. The molecule has 1 fully saturated rings. The molecule has 70 valence electrons. The fourth-order valence-corrected chi connectivity index (χ4v) is 1.84. The smallest absolute Gasteiger partial charge is 0.0937 e. The summed E-state index contributed by atoms with van der Waals surface area (Å²) >= 11 is 0. The van der Waals surface area contributed by atoms with E-state index in [1.165, 1.54) is 19.3 Å². The van der Waals surface area contributed by atoms with Gasteiger partial charge in [-0.1, -0.05) is 20.8 Å². The number of nitrogens with zero attached hydrogens (tertiary/aromatic N) is 1. The Morgan fingerprint density at radius 3 is 2.67 bits per heavy atom. The predicted octanol–water partition coefficient (Wildman–Crippen LogP) is 2.33. The molecule has 0 bridgehead atoms. The number of hydrogen-bond donors (Lipinski definition) is 1. The average Bonchev–Trinajstić information content (AvgIpc) is 2.30. The van der Waals surface area contributed by atoms with Crippen molar-refractivity contribution in [1.29, 1.82) is 0 Å². The van der Waals surface area contributed by atoms with Crippen molar-refractivity contribution in [2.45, 2.75) is 52.5 Å². The van der Waals surface area contributed by atoms with Crippen LogP contribution in [-0.2, 0) is 0 Å². The van der Waals surface area contributed by atoms with Crippen LogP contribution in [-0.4, -0.2) is 11.9 Å². The first-order chi connectivity index (χ1) is 5.53. The van der Waals surface area contributed by atoms with Gasteiger partial charge in [0.25, 0.3) is 0 Å². The number of rotatable bonds is 2. The Kier molecular flexibility index (Phi) is 2.76. The van der Waals surface area contributed by atoms with Crippen LogP contribution in [0, 0.1) is 5.41 Å². The lowest BCUT2D eigenvalue weighted by atomic mass is 9.92. The normalized spacial score (nSPS) is 29.2. The molecular formula is C10H20N2. The van der Waals surface area contributed by atoms with Crippen LogP contribution in [0.4, 0.5) is 0 Å². The molecule has 0 aromatic carbocycles. The maximum atomic E-state index is 5.69. The average molecular weight is 168 g/mol. The van der Waals surface area contributed by atoms with Crippen molar-refractivity contribution in [2.24, 2.45) is 16.1 Å². The molecule has 1 saturated carbocycles. The Morgan fingerprint density at radius 2 is 2.25 bits per heavy atom. The number of aliphatic imine (C=N–C) groups is 1. The number of hydrogen-bond acceptors (Lipinski definition) is 1. The fraction of sp³-hybridized carbons (Fsp3) is 0.900. The van der Waals surface area contributed by atoms with Crippen LogP contribution in [0.5, 0.6) is 0 Å². The van der Waals surface area contributed by atoms with Gasteiger partial charge in [-0.15, -0.1) is 0 Å². The first-order valence-electron chi connectivity index (χ1n) is 4.85. The Morgan fingerprint density at radius 1 is 1.58 bits per heavy atom. The standard InChI is InChI=1S/C10H20N2/c1-4-9(11)12-8-5-6-10(2,3)7-8/h8H,4-7H2,1-3H3,(H2,11,12). The first kappa shape index (κ1) is 9.56. The van der Waals surface area contributed by atoms with Crippen LogP contribution >= 0.6 is 0 Å². The molecule has 0 spiro atoms. The SMILES string of the molecule is CCC(N)=NC1CCC(C)(C)C1. The van der Waals surface area contributed by atoms with Crippen LogP contribution < -0.4 is 5.73 Å². The lowest BCUT2D eigenvalue weighted by molar-refractivity contribution is 0.376. The highest BCUT2D eigenvalue weighted by Crippen LogP contribution is 2.38. The Hall–Kier alpha value is -0.530. The van der Waals surface area contributed by atoms with Gasteiger partial charge >= 0.3 is 0 Å². The third kappa shape index (κ3) is 2.50. The van der Waals surface area contributed by atoms with E-state index in [1.54, 1.807) is 0 Å². The molecule has 1 atom stereocenters. The molecule has 2 nitrogen and oxygen atoms in total. The van der Waals surface area contributed by atoms with Gasteiger partial charge in [-0.25, -0.2) is 0 Å². The maximum absolute atomic E-state index is 5.69. The number of nitrogens with two attached hydrogens (primary N) is 1. The highest BCUT2D eigenvalue weighted by Gasteiger charge is 2.30. The summed E-state index contributed by atoms with van der Waals surface area (Å²) in [6.07, 6.45) is 4.59. The van der Waals surface area contributed by atoms with Crippen LogP contribution in [0.2, 0.25) is 0 Å². The maximum Gasteiger partial charge on any atom is 0.0937 e. The van der Waals surface area contributed by atoms with Gasteiger partial charge in [0.2, 0.25) is 0 Å². The van der Waals surface area contributed by atoms with Gasteiger partial charge in [0, 0.05) is 6.42 Å². The molecule has 2 heteroatoms. The van der Waals surface area contributed by atoms with E-state index in [1.807, 2.05) is 0 Å². The van der Waals surface area contributed by atoms with Gasteiger partial charge in [-0.2, -0.15) is 0 Å². The van der Waals surface area contributed by atoms with E-state index in [0.717, 1.165) is 12.3 Å². The highest BCUT2D eigenvalue weighted by molar-refractivity contribution is 5.80. The summed E-state index contributed by atoms with van der Waals surface area (Å²) in [5.41, 5.74) is 6.18. The molecule has 0 amide bonds. The zero-order chi connectivity index (χ0) is 9.19. The molecule has 2 N–H and O–H groups in total. The largest absolute Gasteiger partial charge is 0.387 e. The molecule has 0 saturated heterocycles. The first-order valence-corrected chi connectivity index (χ1v) is 4.85. The van der Waals surface area contributed by atoms with E-state index in [2.05, 4.69) is 25.8 Å². The topological polar surface area (TPSA) is 38.4 Å². The molecule has 0 aromatic rings. The van der Waals surface area contributed by atoms with Gasteiger partial charge < -0.3 is 5.73 Å². The zero-order valence-electron chi connectivity index (χ0n) is 8.43. The van der Waals surface area contributed by atoms with Crippen molar-refractivity contribution in [3.63, 3.8) is 0 Å². The van der Waals surface area contributed by atoms with Crippen LogP contribution in [0.25, 0.3) is 0 Å². The summed E-state index contributed by atoms with van der Waals surface area (Å²) < 4.78 is 0. The highest BCUT2D eigenvalue weighted by atomic mass is 14.9. The molecule has 1 aliphatic rings. The monoisotopic (exact) mass is 168 g/mol. The minimum Gasteiger partial charge on any atom is -0.387 e. The summed E-state index contributed by atoms with van der Waals surface area (Å²) in [6.45, 7) is 6.67. The molecule has 1 unspecified atom stereocenters. The van der Waals surface area contributed by atoms with E-state index >= 15 is 0 Å². The van der Waals surface area contributed by atoms with Gasteiger partial charge in [-0.05, 0) is 24.7 Å². The van der Waals surface area contributed by atoms with E-state index in [0.29, 0.717) is 11.5 Å². The van der Waals surface area contributed by atoms with Crippen molar-refractivity contribution < 1.29 is 0 Å². The summed E-state index contributed by atoms with van der Waals surface area (Å²) in [4.78, 5) is 4.48. The van der Waals surface area contributed by atoms with Crippen molar-refractivity contribution in [2.75, 3.05) is 0 Å². The minimum atomic E-state index is 0.488. The molecule has 1 aliphatic carbocycles. The lowest BCUT2D eigenvalue weighted by Gasteiger charge is -2.15. The third-order valence-electron chi connectivity index (χ3n) is 2.65. The number of amidine groups is 1. The summed E-state index contributed by atoms with van der Waals surface area (Å²) in [5, 5.41) is 0. The molecule has 0 aromatic heterocycles. The van der Waals surface area contributed by atoms with Crippen molar-refractivity contribution in [3.05, 3.63) is 0 Å². The van der Waals surface area contributed by atoms with Gasteiger partial charge in [0.05, 0.1) is 11.9 Å². The molecule has 0 aliphatic heterocycles. The van der Waals surface area contributed by atoms with E-state index in [-0.39, 0.29) is 0 Å². The summed E-state index contributed by atoms with van der Waals surface area (Å²) in [6, 6.07) is 0.500. The van der Waals surface area contributed by atoms with Crippen molar-refractivity contribution in [1.82, 2.24) is 0 Å². The fourth-order valence-electron chi connectivity index (χ4n) is 1.84. The second-order valence-electron chi connectivity index (χ2n) is 4.53. The molecule has 1 rings (SSSR count). The third-order valence-corrected chi connectivity index (χ3v) is 2.65. The van der Waals surface area contributed by atoms with Crippen molar-refractivity contribution in [3.8, 4) is 0 Å². The van der Waals surface area contributed by atoms with Crippen LogP contribution in [0.3, 0.4) is 0 Å². The molecule has 0 heterocycles. The van der Waals surface area contributed by atoms with Gasteiger partial charge in [0.1, 0.15) is 0 Å². The van der Waals surface area contributed by atoms with Crippen LogP contribution in [0.1, 0.15) is 46.5 Å². The minimum absolute atomic E-state index is 0.488. The van der Waals surface area contributed by atoms with Gasteiger partial charge in [-0.3, -0.25) is 4.99 Å². The van der Waals surface area contributed by atoms with Crippen LogP contribution in [0.15, 0.2) is 4.99 Å². The van der Waals surface area contributed by atoms with E-state index < -0.39 is 0 Å². The Balaban J connectivity index is 2.48. The molecule has 12 heavy (non-hydrogen) atoms. The Bertz CT molecular complexity index is 182. The molecule has 0 radical (unpaired) electrons. The lowest BCUT2D eigenvalue weighted by Crippen LogP contribution is -2.15. The molecular weight excluding hydrogens is 148 g/mol. The van der Waals surface area contributed by atoms with E-state index in [9.17, 15) is 0 Å². The summed E-state index contributed by atoms with van der Waals surface area (Å²) in [7, 11) is 0.